The first-order chi connectivity index (χ1) is 9.43. The van der Waals surface area contributed by atoms with Crippen LogP contribution in [0.2, 0.25) is 0 Å². The highest BCUT2D eigenvalue weighted by Crippen LogP contribution is 2.31. The second-order valence-corrected chi connectivity index (χ2v) is 7.82. The number of carbonyl (C=O) groups is 1. The monoisotopic (exact) mass is 314 g/mol. The lowest BCUT2D eigenvalue weighted by Gasteiger charge is -2.27. The van der Waals surface area contributed by atoms with E-state index in [0.29, 0.717) is 11.7 Å². The number of nitrogens with one attached hydrogen (secondary N) is 1. The minimum absolute atomic E-state index is 0.477. The van der Waals surface area contributed by atoms with Crippen LogP contribution in [0.3, 0.4) is 0 Å². The molecule has 4 nitrogen and oxygen atoms in total. The fourth-order valence-electron chi connectivity index (χ4n) is 2.35. The Kier molecular flexibility index (Phi) is 4.96. The summed E-state index contributed by atoms with van der Waals surface area (Å²) in [5, 5.41) is 16.2. The van der Waals surface area contributed by atoms with E-state index in [0.717, 1.165) is 10.4 Å². The van der Waals surface area contributed by atoms with Crippen molar-refractivity contribution in [1.82, 2.24) is 4.98 Å². The van der Waals surface area contributed by atoms with Gasteiger partial charge in [-0.15, -0.1) is 11.3 Å². The highest BCUT2D eigenvalue weighted by Gasteiger charge is 2.32. The van der Waals surface area contributed by atoms with Crippen molar-refractivity contribution in [2.75, 3.05) is 11.6 Å². The predicted octanol–water partition coefficient (Wildman–Crippen LogP) is 3.59. The summed E-state index contributed by atoms with van der Waals surface area (Å²) in [5.41, 5.74) is -0.289. The van der Waals surface area contributed by atoms with Crippen LogP contribution in [0.15, 0.2) is 5.38 Å². The van der Waals surface area contributed by atoms with Crippen molar-refractivity contribution in [3.05, 3.63) is 11.1 Å². The maximum atomic E-state index is 11.2. The summed E-state index contributed by atoms with van der Waals surface area (Å²) in [5.74, 6) is -0.838. The summed E-state index contributed by atoms with van der Waals surface area (Å²) in [6.45, 7) is 3.38. The van der Waals surface area contributed by atoms with E-state index in [-0.39, 0.29) is 0 Å². The van der Waals surface area contributed by atoms with Crippen LogP contribution in [-0.4, -0.2) is 33.6 Å². The van der Waals surface area contributed by atoms with Crippen molar-refractivity contribution in [3.63, 3.8) is 0 Å². The fraction of sp³-hybridized carbons (Fsp3) is 0.714. The summed E-state index contributed by atoms with van der Waals surface area (Å²) in [7, 11) is 0. The maximum absolute atomic E-state index is 11.2. The van der Waals surface area contributed by atoms with E-state index in [2.05, 4.69) is 16.6 Å². The molecule has 1 fully saturated rings. The molecule has 1 aromatic rings. The van der Waals surface area contributed by atoms with E-state index >= 15 is 0 Å². The highest BCUT2D eigenvalue weighted by atomic mass is 32.2. The third-order valence-corrected chi connectivity index (χ3v) is 5.93. The lowest BCUT2D eigenvalue weighted by atomic mass is 9.90. The first-order valence-corrected chi connectivity index (χ1v) is 9.09. The molecule has 0 spiro atoms. The largest absolute Gasteiger partial charge is 0.481 e. The van der Waals surface area contributed by atoms with Crippen LogP contribution in [0.25, 0.3) is 0 Å². The molecule has 112 valence electrons. The Bertz CT molecular complexity index is 465. The molecular weight excluding hydrogens is 292 g/mol. The summed E-state index contributed by atoms with van der Waals surface area (Å²) in [6.07, 6.45) is 7.01. The smallest absolute Gasteiger partial charge is 0.315 e. The zero-order valence-electron chi connectivity index (χ0n) is 12.2. The summed E-state index contributed by atoms with van der Waals surface area (Å²) < 4.78 is 0. The van der Waals surface area contributed by atoms with Gasteiger partial charge in [0.05, 0.1) is 5.69 Å². The molecule has 1 aliphatic carbocycles. The minimum atomic E-state index is -0.924. The topological polar surface area (TPSA) is 62.2 Å². The average molecular weight is 314 g/mol. The molecule has 1 aromatic heterocycles. The number of carboxylic acid groups (broad SMARTS) is 1. The highest BCUT2D eigenvalue weighted by molar-refractivity contribution is 7.99. The van der Waals surface area contributed by atoms with Gasteiger partial charge in [0.15, 0.2) is 5.13 Å². The first kappa shape index (κ1) is 15.6. The van der Waals surface area contributed by atoms with E-state index in [4.69, 9.17) is 0 Å². The van der Waals surface area contributed by atoms with E-state index in [1.54, 1.807) is 13.8 Å². The lowest BCUT2D eigenvalue weighted by Crippen LogP contribution is -2.29. The quantitative estimate of drug-likeness (QED) is 0.869. The number of carboxylic acids is 1. The van der Waals surface area contributed by atoms with Gasteiger partial charge in [-0.1, -0.05) is 0 Å². The number of nitrogens with zero attached hydrogens (tertiary/aromatic N) is 1. The van der Waals surface area contributed by atoms with Gasteiger partial charge in [-0.25, -0.2) is 4.98 Å². The number of hydrogen-bond acceptors (Lipinski definition) is 5. The van der Waals surface area contributed by atoms with Gasteiger partial charge in [0, 0.05) is 16.7 Å². The molecule has 0 aromatic carbocycles. The average Bonchev–Trinajstić information content (AvgIpc) is 2.88. The Morgan fingerprint density at radius 1 is 1.45 bits per heavy atom. The van der Waals surface area contributed by atoms with Gasteiger partial charge in [-0.3, -0.25) is 4.79 Å². The molecule has 1 aliphatic rings. The normalized spacial score (nSPS) is 23.6. The van der Waals surface area contributed by atoms with Gasteiger partial charge in [-0.05, 0) is 45.8 Å². The number of rotatable bonds is 5. The molecule has 1 heterocycles. The molecule has 0 atom stereocenters. The van der Waals surface area contributed by atoms with E-state index in [9.17, 15) is 9.90 Å². The summed E-state index contributed by atoms with van der Waals surface area (Å²) in [6, 6.07) is 0.477. The maximum Gasteiger partial charge on any atom is 0.315 e. The standard InChI is InChI=1S/C14H22N2O2S2/c1-14(2,12(17)18)11-8-20-13(16-11)15-9-4-6-10(19-3)7-5-9/h8-10H,4-7H2,1-3H3,(H,15,16)(H,17,18). The molecule has 20 heavy (non-hydrogen) atoms. The molecule has 6 heteroatoms. The number of thioether (sulfide) groups is 1. The van der Waals surface area contributed by atoms with Crippen LogP contribution < -0.4 is 5.32 Å². The van der Waals surface area contributed by atoms with Gasteiger partial charge >= 0.3 is 5.97 Å². The zero-order chi connectivity index (χ0) is 14.8. The van der Waals surface area contributed by atoms with Crippen LogP contribution >= 0.6 is 23.1 Å². The number of aliphatic carboxylic acids is 1. The molecule has 1 saturated carbocycles. The first-order valence-electron chi connectivity index (χ1n) is 6.92. The molecule has 2 rings (SSSR count). The Morgan fingerprint density at radius 2 is 2.10 bits per heavy atom. The Labute approximate surface area is 128 Å². The Balaban J connectivity index is 1.95. The van der Waals surface area contributed by atoms with Crippen molar-refractivity contribution in [2.45, 2.75) is 56.2 Å². The van der Waals surface area contributed by atoms with Crippen molar-refractivity contribution >= 4 is 34.2 Å². The molecule has 0 amide bonds. The zero-order valence-corrected chi connectivity index (χ0v) is 13.8. The van der Waals surface area contributed by atoms with Gasteiger partial charge in [0.25, 0.3) is 0 Å². The molecule has 0 aliphatic heterocycles. The van der Waals surface area contributed by atoms with Crippen LogP contribution in [-0.2, 0) is 10.2 Å². The molecule has 0 radical (unpaired) electrons. The van der Waals surface area contributed by atoms with Crippen LogP contribution in [0.5, 0.6) is 0 Å². The van der Waals surface area contributed by atoms with Crippen molar-refractivity contribution in [1.29, 1.82) is 0 Å². The molecule has 0 saturated heterocycles. The third kappa shape index (κ3) is 3.47. The SMILES string of the molecule is CSC1CCC(Nc2nc(C(C)(C)C(=O)O)cs2)CC1. The van der Waals surface area contributed by atoms with Crippen molar-refractivity contribution in [3.8, 4) is 0 Å². The summed E-state index contributed by atoms with van der Waals surface area (Å²) >= 11 is 3.46. The second-order valence-electron chi connectivity index (χ2n) is 5.82. The minimum Gasteiger partial charge on any atom is -0.481 e. The number of aromatic nitrogens is 1. The number of hydrogen-bond donors (Lipinski definition) is 2. The molecular formula is C14H22N2O2S2. The predicted molar refractivity (Wildman–Crippen MR) is 86.0 cm³/mol. The van der Waals surface area contributed by atoms with E-state index < -0.39 is 11.4 Å². The van der Waals surface area contributed by atoms with Crippen LogP contribution in [0.1, 0.15) is 45.2 Å². The van der Waals surface area contributed by atoms with Gasteiger partial charge in [-0.2, -0.15) is 11.8 Å². The second kappa shape index (κ2) is 6.35. The molecule has 0 unspecified atom stereocenters. The van der Waals surface area contributed by atoms with Gasteiger partial charge < -0.3 is 10.4 Å². The van der Waals surface area contributed by atoms with Crippen LogP contribution in [0.4, 0.5) is 5.13 Å². The van der Waals surface area contributed by atoms with E-state index in [1.807, 2.05) is 17.1 Å². The summed E-state index contributed by atoms with van der Waals surface area (Å²) in [4.78, 5) is 15.7. The molecule has 0 bridgehead atoms. The Morgan fingerprint density at radius 3 is 2.65 bits per heavy atom. The van der Waals surface area contributed by atoms with Crippen molar-refractivity contribution < 1.29 is 9.90 Å². The van der Waals surface area contributed by atoms with E-state index in [1.165, 1.54) is 37.0 Å². The number of thiazole rings is 1. The van der Waals surface area contributed by atoms with Gasteiger partial charge in [0.1, 0.15) is 5.41 Å². The number of anilines is 1. The molecule has 2 N–H and O–H groups in total. The van der Waals surface area contributed by atoms with Gasteiger partial charge in [0.2, 0.25) is 0 Å². The lowest BCUT2D eigenvalue weighted by molar-refractivity contribution is -0.142. The van der Waals surface area contributed by atoms with Crippen LogP contribution in [0, 0.1) is 0 Å². The third-order valence-electron chi connectivity index (χ3n) is 4.01. The van der Waals surface area contributed by atoms with Crippen molar-refractivity contribution in [2.24, 2.45) is 0 Å². The fourth-order valence-corrected chi connectivity index (χ4v) is 4.05. The Hall–Kier alpha value is -0.750.